The molecular weight excluding hydrogens is 833 g/mol. The Hall–Kier alpha value is -3.47. The maximum atomic E-state index is 13.5. The van der Waals surface area contributed by atoms with Crippen LogP contribution in [0.1, 0.15) is 126 Å². The fourth-order valence-electron chi connectivity index (χ4n) is 6.11. The summed E-state index contributed by atoms with van der Waals surface area (Å²) in [5.74, 6) is -2.13. The summed E-state index contributed by atoms with van der Waals surface area (Å²) in [5.41, 5.74) is 4.36. The lowest BCUT2D eigenvalue weighted by Gasteiger charge is -2.28. The molecule has 3 atom stereocenters. The van der Waals surface area contributed by atoms with Gasteiger partial charge >= 0.3 is 23.9 Å². The van der Waals surface area contributed by atoms with Gasteiger partial charge in [-0.05, 0) is 160 Å². The van der Waals surface area contributed by atoms with Crippen LogP contribution < -0.4 is 27.0 Å². The summed E-state index contributed by atoms with van der Waals surface area (Å²) in [7, 11) is 0. The van der Waals surface area contributed by atoms with Gasteiger partial charge in [0, 0.05) is 28.9 Å². The normalized spacial score (nSPS) is 17.7. The average Bonchev–Trinajstić information content (AvgIpc) is 3.07. The minimum absolute atomic E-state index is 0.0890. The van der Waals surface area contributed by atoms with E-state index in [2.05, 4.69) is 43.9 Å². The molecule has 6 N–H and O–H groups in total. The van der Waals surface area contributed by atoms with Crippen molar-refractivity contribution >= 4 is 58.3 Å². The molecule has 15 heteroatoms. The van der Waals surface area contributed by atoms with Crippen LogP contribution >= 0.6 is 22.6 Å². The Morgan fingerprint density at radius 2 is 1.27 bits per heavy atom. The molecule has 1 aromatic carbocycles. The number of esters is 3. The van der Waals surface area contributed by atoms with Gasteiger partial charge in [0.05, 0.1) is 0 Å². The highest BCUT2D eigenvalue weighted by atomic mass is 127. The Morgan fingerprint density at radius 1 is 0.732 bits per heavy atom. The van der Waals surface area contributed by atoms with Crippen molar-refractivity contribution in [3.8, 4) is 0 Å². The molecule has 0 radical (unpaired) electrons. The van der Waals surface area contributed by atoms with E-state index >= 15 is 0 Å². The van der Waals surface area contributed by atoms with Gasteiger partial charge in [-0.3, -0.25) is 14.4 Å². The molecule has 4 amide bonds. The second kappa shape index (κ2) is 22.5. The summed E-state index contributed by atoms with van der Waals surface area (Å²) < 4.78 is 17.4. The number of amides is 4. The molecule has 2 rings (SSSR count). The summed E-state index contributed by atoms with van der Waals surface area (Å²) in [6, 6.07) is 3.83. The maximum absolute atomic E-state index is 13.5. The Labute approximate surface area is 346 Å². The molecular formula is C41H66IN5O9. The average molecular weight is 900 g/mol. The first-order valence-corrected chi connectivity index (χ1v) is 20.8. The Balaban J connectivity index is 2.08. The van der Waals surface area contributed by atoms with E-state index < -0.39 is 58.9 Å². The summed E-state index contributed by atoms with van der Waals surface area (Å²) in [4.78, 5) is 78.9. The van der Waals surface area contributed by atoms with Gasteiger partial charge in [-0.15, -0.1) is 0 Å². The van der Waals surface area contributed by atoms with E-state index in [1.807, 2.05) is 24.3 Å². The van der Waals surface area contributed by atoms with Crippen molar-refractivity contribution in [2.75, 3.05) is 13.1 Å². The lowest BCUT2D eigenvalue weighted by Crippen LogP contribution is -2.53. The minimum Gasteiger partial charge on any atom is -0.460 e. The van der Waals surface area contributed by atoms with Crippen LogP contribution in [-0.2, 0) is 44.6 Å². The van der Waals surface area contributed by atoms with Gasteiger partial charge in [0.2, 0.25) is 11.8 Å². The van der Waals surface area contributed by atoms with Crippen LogP contribution in [0.5, 0.6) is 0 Å². The number of hydrogen-bond donors (Lipinski definition) is 5. The van der Waals surface area contributed by atoms with E-state index in [1.54, 1.807) is 62.3 Å². The number of rotatable bonds is 18. The molecule has 0 bridgehead atoms. The minimum atomic E-state index is -1.20. The van der Waals surface area contributed by atoms with Crippen LogP contribution in [0.15, 0.2) is 24.3 Å². The third-order valence-electron chi connectivity index (χ3n) is 8.83. The lowest BCUT2D eigenvalue weighted by molar-refractivity contribution is -0.159. The van der Waals surface area contributed by atoms with E-state index in [-0.39, 0.29) is 43.5 Å². The number of carbonyl (C=O) groups excluding carboxylic acids is 6. The van der Waals surface area contributed by atoms with Crippen LogP contribution in [0.2, 0.25) is 0 Å². The van der Waals surface area contributed by atoms with E-state index in [9.17, 15) is 28.8 Å². The van der Waals surface area contributed by atoms with Crippen LogP contribution in [0.4, 0.5) is 4.79 Å². The van der Waals surface area contributed by atoms with E-state index in [4.69, 9.17) is 19.9 Å². The molecule has 0 aromatic heterocycles. The molecule has 1 aliphatic rings. The molecule has 316 valence electrons. The predicted octanol–water partition coefficient (Wildman–Crippen LogP) is 5.21. The topological polar surface area (TPSA) is 204 Å². The molecule has 0 spiro atoms. The number of unbranched alkanes of at least 4 members (excludes halogenated alkanes) is 1. The molecule has 14 nitrogen and oxygen atoms in total. The first kappa shape index (κ1) is 48.7. The van der Waals surface area contributed by atoms with Gasteiger partial charge in [0.25, 0.3) is 0 Å². The molecule has 1 fully saturated rings. The van der Waals surface area contributed by atoms with Crippen molar-refractivity contribution < 1.29 is 43.0 Å². The Kier molecular flexibility index (Phi) is 19.5. The van der Waals surface area contributed by atoms with Gasteiger partial charge in [0.1, 0.15) is 34.9 Å². The second-order valence-electron chi connectivity index (χ2n) is 17.5. The van der Waals surface area contributed by atoms with Gasteiger partial charge < -0.3 is 41.2 Å². The highest BCUT2D eigenvalue weighted by molar-refractivity contribution is 14.1. The zero-order valence-corrected chi connectivity index (χ0v) is 37.0. The van der Waals surface area contributed by atoms with Crippen molar-refractivity contribution in [1.29, 1.82) is 0 Å². The second-order valence-corrected chi connectivity index (χ2v) is 18.7. The van der Waals surface area contributed by atoms with Crippen molar-refractivity contribution in [3.05, 3.63) is 33.4 Å². The maximum Gasteiger partial charge on any atom is 0.329 e. The van der Waals surface area contributed by atoms with Gasteiger partial charge in [0.15, 0.2) is 0 Å². The Bertz CT molecular complexity index is 1480. The molecule has 1 aliphatic carbocycles. The van der Waals surface area contributed by atoms with E-state index in [0.717, 1.165) is 34.8 Å². The van der Waals surface area contributed by atoms with Crippen molar-refractivity contribution in [3.63, 3.8) is 0 Å². The van der Waals surface area contributed by atoms with Gasteiger partial charge in [-0.25, -0.2) is 14.4 Å². The van der Waals surface area contributed by atoms with Crippen molar-refractivity contribution in [1.82, 2.24) is 21.3 Å². The number of benzene rings is 1. The number of urea groups is 1. The highest BCUT2D eigenvalue weighted by Crippen LogP contribution is 2.28. The van der Waals surface area contributed by atoms with E-state index in [0.29, 0.717) is 31.7 Å². The van der Waals surface area contributed by atoms with Gasteiger partial charge in [-0.2, -0.15) is 0 Å². The van der Waals surface area contributed by atoms with Crippen LogP contribution in [-0.4, -0.2) is 83.8 Å². The highest BCUT2D eigenvalue weighted by Gasteiger charge is 2.32. The monoisotopic (exact) mass is 899 g/mol. The van der Waals surface area contributed by atoms with Crippen LogP contribution in [0.25, 0.3) is 0 Å². The third-order valence-corrected chi connectivity index (χ3v) is 9.89. The number of nitrogens with one attached hydrogen (secondary N) is 4. The molecule has 0 heterocycles. The molecule has 0 unspecified atom stereocenters. The number of nitrogens with two attached hydrogens (primary N) is 1. The summed E-state index contributed by atoms with van der Waals surface area (Å²) >= 11 is 2.22. The Morgan fingerprint density at radius 3 is 1.79 bits per heavy atom. The first-order chi connectivity index (χ1) is 26.0. The van der Waals surface area contributed by atoms with Crippen molar-refractivity contribution in [2.24, 2.45) is 17.6 Å². The largest absolute Gasteiger partial charge is 0.460 e. The summed E-state index contributed by atoms with van der Waals surface area (Å²) in [6.07, 6.45) is 4.38. The molecule has 1 aromatic rings. The number of ether oxygens (including phenoxy) is 3. The quantitative estimate of drug-likeness (QED) is 0.0563. The molecule has 0 saturated heterocycles. The number of hydrogen-bond acceptors (Lipinski definition) is 10. The molecule has 1 saturated carbocycles. The van der Waals surface area contributed by atoms with Crippen LogP contribution in [0.3, 0.4) is 0 Å². The standard InChI is InChI=1S/C41H66IN5O9/c1-39(2,3)54-33(48)22-21-31(37(52)56-41(7,8)9)47-38(53)46-30(36(51)55-40(4,5)6)16-12-13-23-44-35(50)32(24-28-14-10-11-15-29(28)42)45-34(49)27-19-17-26(25-43)18-20-27/h10-11,14-15,26-27,30-32H,12-13,16-25,43H2,1-9H3,(H,44,50)(H,45,49)(H2,46,47,53)/t26?,27?,30-,31-,32-/m0/s1. The SMILES string of the molecule is CC(C)(C)OC(=O)CC[C@H](NC(=O)N[C@@H](CCCCNC(=O)[C@H](Cc1ccccc1I)NC(=O)C1CCC(CN)CC1)C(=O)OC(C)(C)C)C(=O)OC(C)(C)C. The summed E-state index contributed by atoms with van der Waals surface area (Å²) in [5, 5.41) is 11.2. The molecule has 0 aliphatic heterocycles. The predicted molar refractivity (Wildman–Crippen MR) is 222 cm³/mol. The molecule has 56 heavy (non-hydrogen) atoms. The number of carbonyl (C=O) groups is 6. The number of halogens is 1. The van der Waals surface area contributed by atoms with Gasteiger partial charge in [-0.1, -0.05) is 18.2 Å². The lowest BCUT2D eigenvalue weighted by atomic mass is 9.81. The van der Waals surface area contributed by atoms with E-state index in [1.165, 1.54) is 0 Å². The first-order valence-electron chi connectivity index (χ1n) is 19.7. The fourth-order valence-corrected chi connectivity index (χ4v) is 6.72. The smallest absolute Gasteiger partial charge is 0.329 e. The van der Waals surface area contributed by atoms with Crippen molar-refractivity contribution in [2.45, 2.75) is 161 Å². The fraction of sp³-hybridized carbons (Fsp3) is 0.707. The van der Waals surface area contributed by atoms with Crippen LogP contribution in [0, 0.1) is 15.4 Å². The zero-order chi connectivity index (χ0) is 42.3. The zero-order valence-electron chi connectivity index (χ0n) is 34.8. The summed E-state index contributed by atoms with van der Waals surface area (Å²) in [6.45, 7) is 16.3. The third kappa shape index (κ3) is 19.6.